The molecule has 3 rings (SSSR count). The van der Waals surface area contributed by atoms with Crippen LogP contribution in [0.1, 0.15) is 40.0 Å². The largest absolute Gasteiger partial charge is 0.345 e. The first kappa shape index (κ1) is 21.6. The third-order valence-corrected chi connectivity index (χ3v) is 6.92. The third kappa shape index (κ3) is 4.39. The maximum Gasteiger partial charge on any atom is 0.264 e. The standard InChI is InChI=1S/C24H26N2O3S/c1-17-14-15-18(2)22(16-17)19(3)25-24(27)21-12-8-9-13-23(21)26(4)30(28,29)20-10-6-5-7-11-20/h5-16,19H,1-4H3,(H,25,27)/t19-/m0/s1. The van der Waals surface area contributed by atoms with Crippen LogP contribution in [0.3, 0.4) is 0 Å². The van der Waals surface area contributed by atoms with Crippen LogP contribution in [0.15, 0.2) is 77.7 Å². The van der Waals surface area contributed by atoms with E-state index in [0.717, 1.165) is 21.0 Å². The van der Waals surface area contributed by atoms with Gasteiger partial charge in [0, 0.05) is 7.05 Å². The van der Waals surface area contributed by atoms with Crippen LogP contribution in [0.5, 0.6) is 0 Å². The van der Waals surface area contributed by atoms with Gasteiger partial charge in [-0.25, -0.2) is 8.42 Å². The van der Waals surface area contributed by atoms with E-state index in [4.69, 9.17) is 0 Å². The summed E-state index contributed by atoms with van der Waals surface area (Å²) in [4.78, 5) is 13.3. The van der Waals surface area contributed by atoms with Gasteiger partial charge in [-0.3, -0.25) is 9.10 Å². The van der Waals surface area contributed by atoms with Crippen LogP contribution >= 0.6 is 0 Å². The second kappa shape index (κ2) is 8.71. The molecule has 6 heteroatoms. The molecule has 3 aromatic rings. The molecular weight excluding hydrogens is 396 g/mol. The number of hydrogen-bond donors (Lipinski definition) is 1. The van der Waals surface area contributed by atoms with Gasteiger partial charge in [-0.1, -0.05) is 54.1 Å². The molecule has 1 N–H and O–H groups in total. The van der Waals surface area contributed by atoms with E-state index < -0.39 is 10.0 Å². The molecule has 0 aliphatic carbocycles. The van der Waals surface area contributed by atoms with E-state index in [0.29, 0.717) is 11.3 Å². The van der Waals surface area contributed by atoms with Crippen LogP contribution in [0, 0.1) is 13.8 Å². The van der Waals surface area contributed by atoms with Crippen LogP contribution in [0.2, 0.25) is 0 Å². The zero-order chi connectivity index (χ0) is 21.9. The van der Waals surface area contributed by atoms with Crippen LogP contribution < -0.4 is 9.62 Å². The maximum absolute atomic E-state index is 13.1. The normalized spacial score (nSPS) is 12.3. The molecule has 1 amide bonds. The topological polar surface area (TPSA) is 66.5 Å². The first-order valence-corrected chi connectivity index (χ1v) is 11.2. The first-order chi connectivity index (χ1) is 14.2. The summed E-state index contributed by atoms with van der Waals surface area (Å²) < 4.78 is 27.2. The molecule has 0 saturated heterocycles. The number of carbonyl (C=O) groups excluding carboxylic acids is 1. The van der Waals surface area contributed by atoms with Crippen molar-refractivity contribution in [2.75, 3.05) is 11.4 Å². The second-order valence-corrected chi connectivity index (χ2v) is 9.33. The van der Waals surface area contributed by atoms with Crippen molar-refractivity contribution in [3.05, 3.63) is 95.1 Å². The fraction of sp³-hybridized carbons (Fsp3) is 0.208. The molecule has 156 valence electrons. The summed E-state index contributed by atoms with van der Waals surface area (Å²) in [6.07, 6.45) is 0. The molecule has 0 unspecified atom stereocenters. The van der Waals surface area contributed by atoms with Crippen molar-refractivity contribution in [1.82, 2.24) is 5.32 Å². The molecular formula is C24H26N2O3S. The first-order valence-electron chi connectivity index (χ1n) is 9.73. The Morgan fingerprint density at radius 1 is 0.933 bits per heavy atom. The maximum atomic E-state index is 13.1. The van der Waals surface area contributed by atoms with E-state index in [-0.39, 0.29) is 16.8 Å². The third-order valence-electron chi connectivity index (χ3n) is 5.14. The van der Waals surface area contributed by atoms with Gasteiger partial charge in [0.25, 0.3) is 15.9 Å². The van der Waals surface area contributed by atoms with Gasteiger partial charge in [-0.05, 0) is 56.2 Å². The van der Waals surface area contributed by atoms with E-state index in [1.807, 2.05) is 32.9 Å². The zero-order valence-electron chi connectivity index (χ0n) is 17.6. The van der Waals surface area contributed by atoms with Crippen molar-refractivity contribution < 1.29 is 13.2 Å². The molecule has 0 aliphatic heterocycles. The van der Waals surface area contributed by atoms with E-state index in [1.165, 1.54) is 19.2 Å². The Labute approximate surface area is 178 Å². The van der Waals surface area contributed by atoms with Gasteiger partial charge >= 0.3 is 0 Å². The summed E-state index contributed by atoms with van der Waals surface area (Å²) in [6, 6.07) is 20.8. The number of para-hydroxylation sites is 1. The molecule has 0 fully saturated rings. The molecule has 30 heavy (non-hydrogen) atoms. The predicted molar refractivity (Wildman–Crippen MR) is 120 cm³/mol. The molecule has 0 bridgehead atoms. The Morgan fingerprint density at radius 2 is 1.57 bits per heavy atom. The van der Waals surface area contributed by atoms with E-state index in [9.17, 15) is 13.2 Å². The van der Waals surface area contributed by atoms with Crippen molar-refractivity contribution in [3.63, 3.8) is 0 Å². The average molecular weight is 423 g/mol. The molecule has 0 aromatic heterocycles. The number of anilines is 1. The summed E-state index contributed by atoms with van der Waals surface area (Å²) in [6.45, 7) is 5.94. The van der Waals surface area contributed by atoms with Crippen molar-refractivity contribution in [2.45, 2.75) is 31.7 Å². The molecule has 3 aromatic carbocycles. The Morgan fingerprint density at radius 3 is 2.27 bits per heavy atom. The number of sulfonamides is 1. The molecule has 0 saturated carbocycles. The van der Waals surface area contributed by atoms with E-state index in [1.54, 1.807) is 42.5 Å². The minimum absolute atomic E-state index is 0.173. The van der Waals surface area contributed by atoms with Crippen molar-refractivity contribution in [3.8, 4) is 0 Å². The average Bonchev–Trinajstić information content (AvgIpc) is 2.75. The monoisotopic (exact) mass is 422 g/mol. The smallest absolute Gasteiger partial charge is 0.264 e. The lowest BCUT2D eigenvalue weighted by molar-refractivity contribution is 0.0940. The highest BCUT2D eigenvalue weighted by atomic mass is 32.2. The Hall–Kier alpha value is -3.12. The number of nitrogens with one attached hydrogen (secondary N) is 1. The Bertz CT molecular complexity index is 1160. The number of nitrogens with zero attached hydrogens (tertiary/aromatic N) is 1. The summed E-state index contributed by atoms with van der Waals surface area (Å²) in [5.74, 6) is -0.325. The number of carbonyl (C=O) groups is 1. The summed E-state index contributed by atoms with van der Waals surface area (Å²) in [5.41, 5.74) is 3.87. The molecule has 0 spiro atoms. The fourth-order valence-electron chi connectivity index (χ4n) is 3.40. The van der Waals surface area contributed by atoms with Gasteiger partial charge in [0.1, 0.15) is 0 Å². The van der Waals surface area contributed by atoms with Crippen LogP contribution in [0.4, 0.5) is 5.69 Å². The predicted octanol–water partition coefficient (Wildman–Crippen LogP) is 4.62. The van der Waals surface area contributed by atoms with Gasteiger partial charge < -0.3 is 5.32 Å². The molecule has 0 aliphatic rings. The van der Waals surface area contributed by atoms with Crippen LogP contribution in [-0.4, -0.2) is 21.4 Å². The van der Waals surface area contributed by atoms with Gasteiger partial charge in [0.15, 0.2) is 0 Å². The van der Waals surface area contributed by atoms with Gasteiger partial charge in [-0.15, -0.1) is 0 Å². The van der Waals surface area contributed by atoms with Gasteiger partial charge in [-0.2, -0.15) is 0 Å². The zero-order valence-corrected chi connectivity index (χ0v) is 18.4. The lowest BCUT2D eigenvalue weighted by Gasteiger charge is -2.23. The van der Waals surface area contributed by atoms with E-state index in [2.05, 4.69) is 11.4 Å². The molecule has 0 heterocycles. The SMILES string of the molecule is Cc1ccc(C)c([C@H](C)NC(=O)c2ccccc2N(C)S(=O)(=O)c2ccccc2)c1. The summed E-state index contributed by atoms with van der Waals surface area (Å²) >= 11 is 0. The number of hydrogen-bond acceptors (Lipinski definition) is 3. The minimum atomic E-state index is -3.79. The highest BCUT2D eigenvalue weighted by molar-refractivity contribution is 7.92. The van der Waals surface area contributed by atoms with Crippen molar-refractivity contribution in [2.24, 2.45) is 0 Å². The lowest BCUT2D eigenvalue weighted by atomic mass is 9.99. The number of rotatable bonds is 6. The Balaban J connectivity index is 1.91. The van der Waals surface area contributed by atoms with Crippen molar-refractivity contribution in [1.29, 1.82) is 0 Å². The fourth-order valence-corrected chi connectivity index (χ4v) is 4.63. The van der Waals surface area contributed by atoms with E-state index >= 15 is 0 Å². The summed E-state index contributed by atoms with van der Waals surface area (Å²) in [7, 11) is -2.33. The number of amides is 1. The number of benzene rings is 3. The molecule has 1 atom stereocenters. The highest BCUT2D eigenvalue weighted by Gasteiger charge is 2.25. The Kier molecular flexibility index (Phi) is 6.27. The summed E-state index contributed by atoms with van der Waals surface area (Å²) in [5, 5.41) is 3.01. The van der Waals surface area contributed by atoms with Crippen LogP contribution in [0.25, 0.3) is 0 Å². The highest BCUT2D eigenvalue weighted by Crippen LogP contribution is 2.27. The quantitative estimate of drug-likeness (QED) is 0.630. The van der Waals surface area contributed by atoms with Gasteiger partial charge in [0.2, 0.25) is 0 Å². The minimum Gasteiger partial charge on any atom is -0.345 e. The van der Waals surface area contributed by atoms with Gasteiger partial charge in [0.05, 0.1) is 22.2 Å². The number of aryl methyl sites for hydroxylation is 2. The molecule has 5 nitrogen and oxygen atoms in total. The van der Waals surface area contributed by atoms with Crippen LogP contribution in [-0.2, 0) is 10.0 Å². The van der Waals surface area contributed by atoms with Crippen molar-refractivity contribution >= 4 is 21.6 Å². The lowest BCUT2D eigenvalue weighted by Crippen LogP contribution is -2.32. The molecule has 0 radical (unpaired) electrons. The second-order valence-electron chi connectivity index (χ2n) is 7.36.